The molecule has 0 amide bonds. The summed E-state index contributed by atoms with van der Waals surface area (Å²) in [6, 6.07) is 0.559. The van der Waals surface area contributed by atoms with E-state index in [-0.39, 0.29) is 5.60 Å². The molecule has 124 valence electrons. The van der Waals surface area contributed by atoms with E-state index >= 15 is 0 Å². The maximum atomic E-state index is 6.78. The monoisotopic (exact) mass is 295 g/mol. The zero-order chi connectivity index (χ0) is 15.1. The predicted octanol–water partition coefficient (Wildman–Crippen LogP) is 5.06. The van der Waals surface area contributed by atoms with Crippen molar-refractivity contribution in [2.24, 2.45) is 5.92 Å². The number of hydrogen-bond acceptors (Lipinski definition) is 2. The molecule has 1 N–H and O–H groups in total. The summed E-state index contributed by atoms with van der Waals surface area (Å²) in [5.41, 5.74) is 0.130. The molecule has 0 spiro atoms. The Balaban J connectivity index is 1.94. The smallest absolute Gasteiger partial charge is 0.0810 e. The summed E-state index contributed by atoms with van der Waals surface area (Å²) in [5.74, 6) is 0.940. The second-order valence-corrected chi connectivity index (χ2v) is 7.80. The summed E-state index contributed by atoms with van der Waals surface area (Å²) >= 11 is 0. The lowest BCUT2D eigenvalue weighted by atomic mass is 9.77. The van der Waals surface area contributed by atoms with Crippen molar-refractivity contribution in [2.75, 3.05) is 6.54 Å². The highest BCUT2D eigenvalue weighted by atomic mass is 16.5. The van der Waals surface area contributed by atoms with Crippen LogP contribution in [0.2, 0.25) is 0 Å². The third-order valence-corrected chi connectivity index (χ3v) is 5.65. The van der Waals surface area contributed by atoms with Crippen LogP contribution in [0.15, 0.2) is 0 Å². The van der Waals surface area contributed by atoms with Crippen LogP contribution in [0.5, 0.6) is 0 Å². The first-order chi connectivity index (χ1) is 10.1. The zero-order valence-electron chi connectivity index (χ0n) is 14.6. The summed E-state index contributed by atoms with van der Waals surface area (Å²) in [6.07, 6.45) is 15.3. The van der Waals surface area contributed by atoms with Crippen molar-refractivity contribution < 1.29 is 4.74 Å². The van der Waals surface area contributed by atoms with Gasteiger partial charge in [0.1, 0.15) is 0 Å². The van der Waals surface area contributed by atoms with Gasteiger partial charge < -0.3 is 10.1 Å². The van der Waals surface area contributed by atoms with E-state index in [1.165, 1.54) is 70.6 Å². The molecule has 2 aliphatic carbocycles. The van der Waals surface area contributed by atoms with Crippen LogP contribution in [0.4, 0.5) is 0 Å². The third kappa shape index (κ3) is 5.56. The Hall–Kier alpha value is -0.0800. The standard InChI is InChI=1S/C19H37NO/c1-4-17-11-13-19(14-12-17,15-20-16(2)3)21-18-9-7-5-6-8-10-18/h16-18,20H,4-15H2,1-3H3. The van der Waals surface area contributed by atoms with Crippen LogP contribution in [-0.4, -0.2) is 24.3 Å². The van der Waals surface area contributed by atoms with Gasteiger partial charge in [0, 0.05) is 12.6 Å². The highest BCUT2D eigenvalue weighted by Crippen LogP contribution is 2.38. The molecule has 2 rings (SSSR count). The first kappa shape index (κ1) is 17.3. The van der Waals surface area contributed by atoms with Crippen LogP contribution in [0, 0.1) is 5.92 Å². The van der Waals surface area contributed by atoms with E-state index in [2.05, 4.69) is 26.1 Å². The summed E-state index contributed by atoms with van der Waals surface area (Å²) < 4.78 is 6.78. The van der Waals surface area contributed by atoms with Crippen LogP contribution in [0.25, 0.3) is 0 Å². The third-order valence-electron chi connectivity index (χ3n) is 5.65. The van der Waals surface area contributed by atoms with Gasteiger partial charge in [0.2, 0.25) is 0 Å². The number of rotatable bonds is 6. The van der Waals surface area contributed by atoms with E-state index in [0.717, 1.165) is 12.5 Å². The molecule has 2 nitrogen and oxygen atoms in total. The highest BCUT2D eigenvalue weighted by molar-refractivity contribution is 4.91. The predicted molar refractivity (Wildman–Crippen MR) is 90.7 cm³/mol. The van der Waals surface area contributed by atoms with Gasteiger partial charge in [-0.1, -0.05) is 52.9 Å². The summed E-state index contributed by atoms with van der Waals surface area (Å²) in [7, 11) is 0. The molecule has 0 unspecified atom stereocenters. The van der Waals surface area contributed by atoms with Crippen LogP contribution < -0.4 is 5.32 Å². The molecule has 0 aromatic rings. The Morgan fingerprint density at radius 2 is 1.62 bits per heavy atom. The van der Waals surface area contributed by atoms with Crippen molar-refractivity contribution in [1.29, 1.82) is 0 Å². The van der Waals surface area contributed by atoms with Gasteiger partial charge in [-0.05, 0) is 44.4 Å². The van der Waals surface area contributed by atoms with Crippen molar-refractivity contribution in [3.63, 3.8) is 0 Å². The van der Waals surface area contributed by atoms with Crippen molar-refractivity contribution in [1.82, 2.24) is 5.32 Å². The molecule has 2 aliphatic rings. The topological polar surface area (TPSA) is 21.3 Å². The van der Waals surface area contributed by atoms with E-state index < -0.39 is 0 Å². The fourth-order valence-corrected chi connectivity index (χ4v) is 4.05. The fourth-order valence-electron chi connectivity index (χ4n) is 4.05. The second-order valence-electron chi connectivity index (χ2n) is 7.80. The van der Waals surface area contributed by atoms with Gasteiger partial charge in [-0.2, -0.15) is 0 Å². The number of ether oxygens (including phenoxy) is 1. The minimum atomic E-state index is 0.130. The van der Waals surface area contributed by atoms with Crippen molar-refractivity contribution in [3.05, 3.63) is 0 Å². The lowest BCUT2D eigenvalue weighted by molar-refractivity contribution is -0.122. The quantitative estimate of drug-likeness (QED) is 0.691. The van der Waals surface area contributed by atoms with E-state index in [4.69, 9.17) is 4.74 Å². The molecule has 0 aromatic heterocycles. The van der Waals surface area contributed by atoms with E-state index in [1.54, 1.807) is 0 Å². The lowest BCUT2D eigenvalue weighted by Crippen LogP contribution is -2.49. The Bertz CT molecular complexity index is 273. The zero-order valence-corrected chi connectivity index (χ0v) is 14.6. The Morgan fingerprint density at radius 3 is 2.14 bits per heavy atom. The molecule has 2 heteroatoms. The number of hydrogen-bond donors (Lipinski definition) is 1. The van der Waals surface area contributed by atoms with Crippen LogP contribution in [0.3, 0.4) is 0 Å². The van der Waals surface area contributed by atoms with Crippen molar-refractivity contribution >= 4 is 0 Å². The van der Waals surface area contributed by atoms with Gasteiger partial charge >= 0.3 is 0 Å². The van der Waals surface area contributed by atoms with Gasteiger partial charge in [-0.15, -0.1) is 0 Å². The minimum absolute atomic E-state index is 0.130. The molecular weight excluding hydrogens is 258 g/mol. The highest BCUT2D eigenvalue weighted by Gasteiger charge is 2.37. The summed E-state index contributed by atoms with van der Waals surface area (Å²) in [4.78, 5) is 0. The molecule has 0 radical (unpaired) electrons. The summed E-state index contributed by atoms with van der Waals surface area (Å²) in [6.45, 7) is 7.89. The molecule has 2 saturated carbocycles. The molecule has 0 atom stereocenters. The molecular formula is C19H37NO. The maximum Gasteiger partial charge on any atom is 0.0810 e. The first-order valence-corrected chi connectivity index (χ1v) is 9.55. The molecule has 0 aromatic carbocycles. The van der Waals surface area contributed by atoms with E-state index in [1.807, 2.05) is 0 Å². The molecule has 0 aliphatic heterocycles. The molecule has 0 saturated heterocycles. The van der Waals surface area contributed by atoms with Crippen LogP contribution >= 0.6 is 0 Å². The minimum Gasteiger partial charge on any atom is -0.370 e. The van der Waals surface area contributed by atoms with Gasteiger partial charge in [0.05, 0.1) is 11.7 Å². The molecule has 21 heavy (non-hydrogen) atoms. The van der Waals surface area contributed by atoms with Gasteiger partial charge in [0.25, 0.3) is 0 Å². The normalized spacial score (nSPS) is 32.3. The largest absolute Gasteiger partial charge is 0.370 e. The lowest BCUT2D eigenvalue weighted by Gasteiger charge is -2.43. The van der Waals surface area contributed by atoms with Crippen LogP contribution in [-0.2, 0) is 4.74 Å². The van der Waals surface area contributed by atoms with E-state index in [9.17, 15) is 0 Å². The first-order valence-electron chi connectivity index (χ1n) is 9.55. The maximum absolute atomic E-state index is 6.78. The van der Waals surface area contributed by atoms with Gasteiger partial charge in [-0.25, -0.2) is 0 Å². The summed E-state index contributed by atoms with van der Waals surface area (Å²) in [5, 5.41) is 3.67. The van der Waals surface area contributed by atoms with Crippen molar-refractivity contribution in [3.8, 4) is 0 Å². The average molecular weight is 296 g/mol. The van der Waals surface area contributed by atoms with Gasteiger partial charge in [0.15, 0.2) is 0 Å². The Kier molecular flexibility index (Phi) is 7.01. The SMILES string of the molecule is CCC1CCC(CNC(C)C)(OC2CCCCCC2)CC1. The Morgan fingerprint density at radius 1 is 1.00 bits per heavy atom. The van der Waals surface area contributed by atoms with Crippen molar-refractivity contribution in [2.45, 2.75) is 109 Å². The fraction of sp³-hybridized carbons (Fsp3) is 1.00. The second kappa shape index (κ2) is 8.53. The molecule has 2 fully saturated rings. The van der Waals surface area contributed by atoms with E-state index in [0.29, 0.717) is 12.1 Å². The Labute approximate surface area is 132 Å². The van der Waals surface area contributed by atoms with Gasteiger partial charge in [-0.3, -0.25) is 0 Å². The van der Waals surface area contributed by atoms with Crippen LogP contribution in [0.1, 0.15) is 91.4 Å². The molecule has 0 heterocycles. The average Bonchev–Trinajstić information content (AvgIpc) is 2.75. The molecule has 0 bridgehead atoms. The number of nitrogens with one attached hydrogen (secondary N) is 1.